The highest BCUT2D eigenvalue weighted by Crippen LogP contribution is 2.16. The van der Waals surface area contributed by atoms with Gasteiger partial charge in [-0.05, 0) is 37.7 Å². The zero-order valence-corrected chi connectivity index (χ0v) is 10.2. The lowest BCUT2D eigenvalue weighted by Gasteiger charge is -2.03. The van der Waals surface area contributed by atoms with Gasteiger partial charge in [-0.1, -0.05) is 18.2 Å². The summed E-state index contributed by atoms with van der Waals surface area (Å²) < 4.78 is 4.62. The number of benzene rings is 1. The Morgan fingerprint density at radius 1 is 1.53 bits per heavy atom. The Labute approximate surface area is 101 Å². The van der Waals surface area contributed by atoms with Crippen molar-refractivity contribution in [2.75, 3.05) is 26.4 Å². The van der Waals surface area contributed by atoms with Crippen molar-refractivity contribution < 1.29 is 9.53 Å². The van der Waals surface area contributed by atoms with Crippen molar-refractivity contribution in [2.45, 2.75) is 6.42 Å². The van der Waals surface area contributed by atoms with Gasteiger partial charge in [-0.3, -0.25) is 0 Å². The normalized spacial score (nSPS) is 10.7. The number of anilines is 1. The monoisotopic (exact) mass is 234 g/mol. The maximum Gasteiger partial charge on any atom is 0.337 e. The first-order valence-corrected chi connectivity index (χ1v) is 5.48. The van der Waals surface area contributed by atoms with Gasteiger partial charge in [-0.15, -0.1) is 0 Å². The topological polar surface area (TPSA) is 64.3 Å². The van der Waals surface area contributed by atoms with E-state index in [0.717, 1.165) is 18.5 Å². The Morgan fingerprint density at radius 3 is 2.88 bits per heavy atom. The van der Waals surface area contributed by atoms with E-state index in [9.17, 15) is 4.79 Å². The molecule has 4 nitrogen and oxygen atoms in total. The van der Waals surface area contributed by atoms with Crippen LogP contribution in [0.5, 0.6) is 0 Å². The Hall–Kier alpha value is -1.81. The van der Waals surface area contributed by atoms with Crippen molar-refractivity contribution in [2.24, 2.45) is 0 Å². The summed E-state index contributed by atoms with van der Waals surface area (Å²) in [7, 11) is 3.26. The average molecular weight is 234 g/mol. The fourth-order valence-electron chi connectivity index (χ4n) is 1.41. The number of hydrogen-bond acceptors (Lipinski definition) is 4. The third kappa shape index (κ3) is 3.92. The zero-order valence-electron chi connectivity index (χ0n) is 10.2. The Bertz CT molecular complexity index is 414. The first-order chi connectivity index (χ1) is 8.19. The fraction of sp³-hybridized carbons (Fsp3) is 0.308. The molecule has 0 fully saturated rings. The highest BCUT2D eigenvalue weighted by Gasteiger charge is 2.06. The molecule has 92 valence electrons. The number of nitrogens with one attached hydrogen (secondary N) is 1. The van der Waals surface area contributed by atoms with E-state index in [1.807, 2.05) is 25.3 Å². The molecule has 0 aromatic heterocycles. The molecule has 1 aromatic rings. The van der Waals surface area contributed by atoms with Gasteiger partial charge in [-0.2, -0.15) is 0 Å². The number of carbonyl (C=O) groups is 1. The molecular formula is C13H18N2O2. The van der Waals surface area contributed by atoms with E-state index in [2.05, 4.69) is 10.1 Å². The summed E-state index contributed by atoms with van der Waals surface area (Å²) in [6.45, 7) is 0.927. The molecule has 0 radical (unpaired) electrons. The number of ether oxygens (including phenoxy) is 1. The molecule has 0 amide bonds. The molecular weight excluding hydrogens is 216 g/mol. The van der Waals surface area contributed by atoms with Crippen LogP contribution in [0.25, 0.3) is 6.08 Å². The van der Waals surface area contributed by atoms with E-state index in [1.165, 1.54) is 7.11 Å². The molecule has 1 aromatic carbocycles. The largest absolute Gasteiger partial charge is 0.465 e. The SMILES string of the molecule is CNCCC=Cc1ccc(C(=O)OC)cc1N. The van der Waals surface area contributed by atoms with Crippen molar-refractivity contribution in [3.8, 4) is 0 Å². The molecule has 0 heterocycles. The molecule has 0 atom stereocenters. The molecule has 0 bridgehead atoms. The molecule has 4 heteroatoms. The molecule has 0 aliphatic carbocycles. The summed E-state index contributed by atoms with van der Waals surface area (Å²) in [5.74, 6) is -0.373. The third-order valence-electron chi connectivity index (χ3n) is 2.37. The van der Waals surface area contributed by atoms with E-state index >= 15 is 0 Å². The van der Waals surface area contributed by atoms with Crippen LogP contribution in [0.2, 0.25) is 0 Å². The van der Waals surface area contributed by atoms with Crippen molar-refractivity contribution in [1.82, 2.24) is 5.32 Å². The van der Waals surface area contributed by atoms with Gasteiger partial charge in [0.15, 0.2) is 0 Å². The van der Waals surface area contributed by atoms with Gasteiger partial charge in [0, 0.05) is 5.69 Å². The van der Waals surface area contributed by atoms with Crippen LogP contribution >= 0.6 is 0 Å². The van der Waals surface area contributed by atoms with Crippen LogP contribution in [0.3, 0.4) is 0 Å². The smallest absolute Gasteiger partial charge is 0.337 e. The summed E-state index contributed by atoms with van der Waals surface area (Å²) in [5, 5.41) is 3.06. The summed E-state index contributed by atoms with van der Waals surface area (Å²) in [6, 6.07) is 5.15. The predicted molar refractivity (Wildman–Crippen MR) is 69.8 cm³/mol. The van der Waals surface area contributed by atoms with Gasteiger partial charge >= 0.3 is 5.97 Å². The van der Waals surface area contributed by atoms with Gasteiger partial charge in [0.2, 0.25) is 0 Å². The highest BCUT2D eigenvalue weighted by molar-refractivity contribution is 5.91. The summed E-state index contributed by atoms with van der Waals surface area (Å²) in [5.41, 5.74) is 7.81. The van der Waals surface area contributed by atoms with Crippen LogP contribution in [0.1, 0.15) is 22.3 Å². The van der Waals surface area contributed by atoms with Crippen LogP contribution in [-0.4, -0.2) is 26.7 Å². The van der Waals surface area contributed by atoms with Gasteiger partial charge in [0.1, 0.15) is 0 Å². The summed E-state index contributed by atoms with van der Waals surface area (Å²) in [6.07, 6.45) is 4.93. The lowest BCUT2D eigenvalue weighted by Crippen LogP contribution is -2.05. The standard InChI is InChI=1S/C13H18N2O2/c1-15-8-4-3-5-10-6-7-11(9-12(10)14)13(16)17-2/h3,5-7,9,15H,4,8,14H2,1-2H3. The second-order valence-corrected chi connectivity index (χ2v) is 3.63. The maximum atomic E-state index is 11.3. The van der Waals surface area contributed by atoms with Crippen molar-refractivity contribution in [1.29, 1.82) is 0 Å². The number of nitrogen functional groups attached to an aromatic ring is 1. The second-order valence-electron chi connectivity index (χ2n) is 3.63. The number of carbonyl (C=O) groups excluding carboxylic acids is 1. The third-order valence-corrected chi connectivity index (χ3v) is 2.37. The van der Waals surface area contributed by atoms with Crippen molar-refractivity contribution in [3.05, 3.63) is 35.4 Å². The minimum absolute atomic E-state index is 0.373. The van der Waals surface area contributed by atoms with Crippen LogP contribution in [0, 0.1) is 0 Å². The number of rotatable bonds is 5. The first-order valence-electron chi connectivity index (χ1n) is 5.48. The van der Waals surface area contributed by atoms with E-state index < -0.39 is 0 Å². The van der Waals surface area contributed by atoms with Gasteiger partial charge in [0.05, 0.1) is 12.7 Å². The number of methoxy groups -OCH3 is 1. The Morgan fingerprint density at radius 2 is 2.29 bits per heavy atom. The molecule has 0 saturated heterocycles. The Balaban J connectivity index is 2.76. The highest BCUT2D eigenvalue weighted by atomic mass is 16.5. The average Bonchev–Trinajstić information content (AvgIpc) is 2.35. The minimum Gasteiger partial charge on any atom is -0.465 e. The lowest BCUT2D eigenvalue weighted by atomic mass is 10.1. The van der Waals surface area contributed by atoms with Gasteiger partial charge in [-0.25, -0.2) is 4.79 Å². The van der Waals surface area contributed by atoms with Gasteiger partial charge < -0.3 is 15.8 Å². The molecule has 0 unspecified atom stereocenters. The molecule has 0 aliphatic rings. The lowest BCUT2D eigenvalue weighted by molar-refractivity contribution is 0.0601. The van der Waals surface area contributed by atoms with Crippen molar-refractivity contribution in [3.63, 3.8) is 0 Å². The van der Waals surface area contributed by atoms with Crippen LogP contribution in [-0.2, 0) is 4.74 Å². The maximum absolute atomic E-state index is 11.3. The minimum atomic E-state index is -0.373. The van der Waals surface area contributed by atoms with Crippen LogP contribution < -0.4 is 11.1 Å². The van der Waals surface area contributed by atoms with Gasteiger partial charge in [0.25, 0.3) is 0 Å². The molecule has 0 spiro atoms. The number of hydrogen-bond donors (Lipinski definition) is 2. The molecule has 1 rings (SSSR count). The predicted octanol–water partition coefficient (Wildman–Crippen LogP) is 1.68. The zero-order chi connectivity index (χ0) is 12.7. The van der Waals surface area contributed by atoms with Crippen molar-refractivity contribution >= 4 is 17.7 Å². The number of nitrogens with two attached hydrogens (primary N) is 1. The van der Waals surface area contributed by atoms with Crippen LogP contribution in [0.4, 0.5) is 5.69 Å². The Kier molecular flexibility index (Phi) is 5.23. The molecule has 3 N–H and O–H groups in total. The number of esters is 1. The molecule has 0 saturated carbocycles. The summed E-state index contributed by atoms with van der Waals surface area (Å²) >= 11 is 0. The van der Waals surface area contributed by atoms with Crippen LogP contribution in [0.15, 0.2) is 24.3 Å². The fourth-order valence-corrected chi connectivity index (χ4v) is 1.41. The quantitative estimate of drug-likeness (QED) is 0.462. The van der Waals surface area contributed by atoms with E-state index in [4.69, 9.17) is 5.73 Å². The second kappa shape index (κ2) is 6.70. The molecule has 0 aliphatic heterocycles. The van der Waals surface area contributed by atoms with E-state index in [0.29, 0.717) is 11.3 Å². The summed E-state index contributed by atoms with van der Waals surface area (Å²) in [4.78, 5) is 11.3. The molecule has 17 heavy (non-hydrogen) atoms. The first kappa shape index (κ1) is 13.3. The van der Waals surface area contributed by atoms with E-state index in [-0.39, 0.29) is 5.97 Å². The van der Waals surface area contributed by atoms with E-state index in [1.54, 1.807) is 12.1 Å².